The molecule has 1 fully saturated rings. The van der Waals surface area contributed by atoms with E-state index >= 15 is 0 Å². The van der Waals surface area contributed by atoms with E-state index in [9.17, 15) is 18.7 Å². The fraction of sp³-hybridized carbons (Fsp3) is 0.360. The van der Waals surface area contributed by atoms with E-state index in [4.69, 9.17) is 16.6 Å². The molecule has 4 heterocycles. The van der Waals surface area contributed by atoms with Crippen LogP contribution in [0.1, 0.15) is 53.1 Å². The first-order valence-corrected chi connectivity index (χ1v) is 12.0. The highest BCUT2D eigenvalue weighted by atomic mass is 35.5. The molecule has 4 aromatic rings. The number of fused-ring (bicyclic) bond motifs is 3. The number of imidazole rings is 1. The number of piperidine rings is 1. The Bertz CT molecular complexity index is 1500. The lowest BCUT2D eigenvalue weighted by Crippen LogP contribution is -2.40. The molecule has 0 spiro atoms. The second kappa shape index (κ2) is 8.85. The first-order chi connectivity index (χ1) is 17.0. The molecular weight excluding hydrogens is 490 g/mol. The average molecular weight is 515 g/mol. The summed E-state index contributed by atoms with van der Waals surface area (Å²) in [5.41, 5.74) is 4.17. The van der Waals surface area contributed by atoms with Crippen molar-refractivity contribution in [1.29, 1.82) is 0 Å². The smallest absolute Gasteiger partial charge is 0.356 e. The maximum Gasteiger partial charge on any atom is 0.356 e. The maximum absolute atomic E-state index is 13.9. The molecule has 1 atom stereocenters. The quantitative estimate of drug-likeness (QED) is 0.332. The van der Waals surface area contributed by atoms with Gasteiger partial charge in [-0.05, 0) is 44.5 Å². The number of nitrogens with one attached hydrogen (secondary N) is 1. The first kappa shape index (κ1) is 24.2. The van der Waals surface area contributed by atoms with Crippen molar-refractivity contribution in [3.8, 4) is 0 Å². The lowest BCUT2D eigenvalue weighted by atomic mass is 10.0. The monoisotopic (exact) mass is 514 g/mol. The molecule has 3 aromatic heterocycles. The fourth-order valence-corrected chi connectivity index (χ4v) is 4.88. The predicted molar refractivity (Wildman–Crippen MR) is 135 cm³/mol. The van der Waals surface area contributed by atoms with E-state index in [0.29, 0.717) is 22.8 Å². The van der Waals surface area contributed by atoms with Gasteiger partial charge in [-0.2, -0.15) is 0 Å². The molecule has 8 nitrogen and oxygen atoms in total. The highest BCUT2D eigenvalue weighted by Gasteiger charge is 2.35. The highest BCUT2D eigenvalue weighted by Crippen LogP contribution is 2.35. The number of aromatic nitrogens is 4. The van der Waals surface area contributed by atoms with Gasteiger partial charge >= 0.3 is 5.97 Å². The molecular formula is C25H25ClF2N6O2. The molecule has 11 heteroatoms. The summed E-state index contributed by atoms with van der Waals surface area (Å²) < 4.78 is 29.7. The molecule has 0 radical (unpaired) electrons. The summed E-state index contributed by atoms with van der Waals surface area (Å²) in [6, 6.07) is 6.73. The topological polar surface area (TPSA) is 95.6 Å². The number of aromatic carboxylic acids is 1. The zero-order valence-corrected chi connectivity index (χ0v) is 20.8. The van der Waals surface area contributed by atoms with Crippen LogP contribution in [0.4, 0.5) is 20.4 Å². The standard InChI is InChI=1S/C25H25ClF2N6O2/c1-13-10-16(15(3)30-18-4-5-19(26)31-21(18)23(35)36)20-17(11-13)22-29-12-14(2)34(22)24(32-20)33-8-6-25(27,28)7-9-33/h4-5,10-12,15,30H,6-9H2,1-3H3,(H,35,36). The van der Waals surface area contributed by atoms with Crippen molar-refractivity contribution in [2.75, 3.05) is 23.3 Å². The van der Waals surface area contributed by atoms with Crippen LogP contribution in [-0.2, 0) is 0 Å². The van der Waals surface area contributed by atoms with Crippen molar-refractivity contribution in [3.63, 3.8) is 0 Å². The van der Waals surface area contributed by atoms with Gasteiger partial charge in [-0.3, -0.25) is 4.40 Å². The number of pyridine rings is 1. The van der Waals surface area contributed by atoms with Crippen molar-refractivity contribution in [1.82, 2.24) is 19.4 Å². The van der Waals surface area contributed by atoms with Crippen molar-refractivity contribution in [3.05, 3.63) is 58.1 Å². The number of aryl methyl sites for hydroxylation is 2. The molecule has 1 unspecified atom stereocenters. The molecule has 188 valence electrons. The summed E-state index contributed by atoms with van der Waals surface area (Å²) in [5, 5.41) is 13.7. The third kappa shape index (κ3) is 4.30. The lowest BCUT2D eigenvalue weighted by molar-refractivity contribution is -0.0222. The molecule has 0 bridgehead atoms. The first-order valence-electron chi connectivity index (χ1n) is 11.6. The van der Waals surface area contributed by atoms with Crippen molar-refractivity contribution >= 4 is 45.8 Å². The van der Waals surface area contributed by atoms with E-state index in [2.05, 4.69) is 15.3 Å². The van der Waals surface area contributed by atoms with Gasteiger partial charge in [-0.1, -0.05) is 17.7 Å². The lowest BCUT2D eigenvalue weighted by Gasteiger charge is -2.33. The van der Waals surface area contributed by atoms with E-state index in [0.717, 1.165) is 22.2 Å². The molecule has 0 saturated carbocycles. The van der Waals surface area contributed by atoms with Gasteiger partial charge in [0.25, 0.3) is 5.92 Å². The Morgan fingerprint density at radius 1 is 1.19 bits per heavy atom. The minimum absolute atomic E-state index is 0.0853. The number of halogens is 3. The van der Waals surface area contributed by atoms with Gasteiger partial charge in [0.15, 0.2) is 5.69 Å². The number of anilines is 2. The molecule has 1 saturated heterocycles. The van der Waals surface area contributed by atoms with E-state index in [1.54, 1.807) is 12.3 Å². The number of benzene rings is 1. The predicted octanol–water partition coefficient (Wildman–Crippen LogP) is 5.65. The second-order valence-electron chi connectivity index (χ2n) is 9.27. The summed E-state index contributed by atoms with van der Waals surface area (Å²) in [7, 11) is 0. The number of nitrogens with zero attached hydrogens (tertiary/aromatic N) is 5. The van der Waals surface area contributed by atoms with Gasteiger partial charge in [0.1, 0.15) is 10.8 Å². The molecule has 36 heavy (non-hydrogen) atoms. The number of carboxylic acids is 1. The number of rotatable bonds is 5. The summed E-state index contributed by atoms with van der Waals surface area (Å²) in [6.07, 6.45) is 1.28. The van der Waals surface area contributed by atoms with Gasteiger partial charge in [0, 0.05) is 48.8 Å². The molecule has 1 aliphatic rings. The van der Waals surface area contributed by atoms with Crippen LogP contribution in [0.5, 0.6) is 0 Å². The van der Waals surface area contributed by atoms with Crippen molar-refractivity contribution in [2.45, 2.75) is 45.6 Å². The largest absolute Gasteiger partial charge is 0.476 e. The third-order valence-electron chi connectivity index (χ3n) is 6.55. The van der Waals surface area contributed by atoms with Gasteiger partial charge in [-0.25, -0.2) is 28.5 Å². The van der Waals surface area contributed by atoms with E-state index in [-0.39, 0.29) is 42.8 Å². The van der Waals surface area contributed by atoms with Crippen LogP contribution in [-0.4, -0.2) is 49.4 Å². The summed E-state index contributed by atoms with van der Waals surface area (Å²) in [4.78, 5) is 27.2. The van der Waals surface area contributed by atoms with Crippen LogP contribution in [0, 0.1) is 13.8 Å². The van der Waals surface area contributed by atoms with Crippen LogP contribution in [0.15, 0.2) is 30.5 Å². The van der Waals surface area contributed by atoms with Crippen molar-refractivity contribution in [2.24, 2.45) is 0 Å². The molecule has 0 aliphatic carbocycles. The Morgan fingerprint density at radius 3 is 2.61 bits per heavy atom. The number of hydrogen-bond acceptors (Lipinski definition) is 6. The van der Waals surface area contributed by atoms with Gasteiger partial charge in [-0.15, -0.1) is 0 Å². The SMILES string of the molecule is Cc1cc(C(C)Nc2ccc(Cl)nc2C(=O)O)c2nc(N3CCC(F)(F)CC3)n3c(C)cnc3c2c1. The Kier molecular flexibility index (Phi) is 5.94. The van der Waals surface area contributed by atoms with Gasteiger partial charge in [0.2, 0.25) is 5.95 Å². The Hall–Kier alpha value is -3.53. The second-order valence-corrected chi connectivity index (χ2v) is 9.65. The molecule has 2 N–H and O–H groups in total. The summed E-state index contributed by atoms with van der Waals surface area (Å²) in [5.74, 6) is -3.30. The van der Waals surface area contributed by atoms with Gasteiger partial charge in [0.05, 0.1) is 17.2 Å². The van der Waals surface area contributed by atoms with Crippen molar-refractivity contribution < 1.29 is 18.7 Å². The van der Waals surface area contributed by atoms with Gasteiger partial charge < -0.3 is 15.3 Å². The van der Waals surface area contributed by atoms with E-state index in [1.165, 1.54) is 6.07 Å². The summed E-state index contributed by atoms with van der Waals surface area (Å²) >= 11 is 5.91. The molecule has 0 amide bonds. The number of alkyl halides is 2. The van der Waals surface area contributed by atoms with E-state index < -0.39 is 11.9 Å². The number of hydrogen-bond donors (Lipinski definition) is 2. The minimum atomic E-state index is -2.67. The Labute approximate surface area is 210 Å². The minimum Gasteiger partial charge on any atom is -0.476 e. The zero-order valence-electron chi connectivity index (χ0n) is 20.0. The normalized spacial score (nSPS) is 16.4. The van der Waals surface area contributed by atoms with Crippen LogP contribution < -0.4 is 10.2 Å². The number of carboxylic acid groups (broad SMARTS) is 1. The molecule has 1 aliphatic heterocycles. The average Bonchev–Trinajstić information content (AvgIpc) is 3.21. The zero-order chi connectivity index (χ0) is 25.8. The van der Waals surface area contributed by atoms with Crippen LogP contribution in [0.2, 0.25) is 5.15 Å². The third-order valence-corrected chi connectivity index (χ3v) is 6.77. The number of carbonyl (C=O) groups is 1. The van der Waals surface area contributed by atoms with Crippen LogP contribution >= 0.6 is 11.6 Å². The molecule has 1 aromatic carbocycles. The van der Waals surface area contributed by atoms with E-state index in [1.807, 2.05) is 42.2 Å². The fourth-order valence-electron chi connectivity index (χ4n) is 4.73. The molecule has 5 rings (SSSR count). The van der Waals surface area contributed by atoms with Crippen LogP contribution in [0.3, 0.4) is 0 Å². The Balaban J connectivity index is 1.65. The van der Waals surface area contributed by atoms with Crippen LogP contribution in [0.25, 0.3) is 16.6 Å². The Morgan fingerprint density at radius 2 is 1.92 bits per heavy atom. The summed E-state index contributed by atoms with van der Waals surface area (Å²) in [6.45, 7) is 6.15. The maximum atomic E-state index is 13.9. The highest BCUT2D eigenvalue weighted by molar-refractivity contribution is 6.29.